The summed E-state index contributed by atoms with van der Waals surface area (Å²) >= 11 is 4.46. The molecule has 1 aromatic carbocycles. The first-order chi connectivity index (χ1) is 10.0. The lowest BCUT2D eigenvalue weighted by molar-refractivity contribution is -0.118. The van der Waals surface area contributed by atoms with Gasteiger partial charge in [-0.05, 0) is 42.7 Å². The van der Waals surface area contributed by atoms with Crippen LogP contribution in [0.2, 0.25) is 0 Å². The second kappa shape index (κ2) is 5.27. The Hall–Kier alpha value is -1.66. The minimum Gasteiger partial charge on any atom is -0.477 e. The highest BCUT2D eigenvalue weighted by Gasteiger charge is 2.51. The predicted molar refractivity (Wildman–Crippen MR) is 85.0 cm³/mol. The summed E-state index contributed by atoms with van der Waals surface area (Å²) in [5.41, 5.74) is 0.534. The summed E-state index contributed by atoms with van der Waals surface area (Å²) < 4.78 is 0.979. The van der Waals surface area contributed by atoms with Crippen molar-refractivity contribution in [2.45, 2.75) is 18.3 Å². The number of hydrogen-bond acceptors (Lipinski definition) is 3. The van der Waals surface area contributed by atoms with Gasteiger partial charge in [0.1, 0.15) is 4.88 Å². The van der Waals surface area contributed by atoms with Crippen LogP contribution in [-0.2, 0) is 10.2 Å². The summed E-state index contributed by atoms with van der Waals surface area (Å²) in [4.78, 5) is 23.6. The first-order valence-corrected chi connectivity index (χ1v) is 8.03. The van der Waals surface area contributed by atoms with Crippen LogP contribution in [0.5, 0.6) is 0 Å². The molecular formula is C15H12BrNO3S. The van der Waals surface area contributed by atoms with E-state index in [0.717, 1.165) is 34.2 Å². The predicted octanol–water partition coefficient (Wildman–Crippen LogP) is 3.88. The molecule has 1 heterocycles. The van der Waals surface area contributed by atoms with Crippen LogP contribution in [0.25, 0.3) is 0 Å². The molecule has 2 aromatic rings. The number of halogens is 1. The lowest BCUT2D eigenvalue weighted by Crippen LogP contribution is -2.27. The van der Waals surface area contributed by atoms with E-state index in [1.165, 1.54) is 6.07 Å². The van der Waals surface area contributed by atoms with Crippen molar-refractivity contribution in [1.82, 2.24) is 0 Å². The van der Waals surface area contributed by atoms with Crippen LogP contribution in [0.3, 0.4) is 0 Å². The number of rotatable bonds is 4. The fraction of sp³-hybridized carbons (Fsp3) is 0.200. The van der Waals surface area contributed by atoms with E-state index in [4.69, 9.17) is 5.11 Å². The third-order valence-corrected chi connectivity index (χ3v) is 5.15. The van der Waals surface area contributed by atoms with Crippen molar-refractivity contribution in [1.29, 1.82) is 0 Å². The Morgan fingerprint density at radius 2 is 1.81 bits per heavy atom. The standard InChI is InChI=1S/C15H12BrNO3S/c16-10-3-1-9(2-4-10)15(7-8-15)14(20)17-12-6-5-11(21-12)13(18)19/h1-6H,7-8H2,(H,17,20)(H,18,19). The van der Waals surface area contributed by atoms with Crippen molar-refractivity contribution in [2.24, 2.45) is 0 Å². The van der Waals surface area contributed by atoms with E-state index in [-0.39, 0.29) is 10.8 Å². The van der Waals surface area contributed by atoms with E-state index in [2.05, 4.69) is 21.2 Å². The molecule has 1 aliphatic carbocycles. The summed E-state index contributed by atoms with van der Waals surface area (Å²) in [5, 5.41) is 12.3. The van der Waals surface area contributed by atoms with Crippen LogP contribution in [0.1, 0.15) is 28.1 Å². The van der Waals surface area contributed by atoms with Gasteiger partial charge < -0.3 is 10.4 Å². The SMILES string of the molecule is O=C(O)c1ccc(NC(=O)C2(c3ccc(Br)cc3)CC2)s1. The molecule has 4 nitrogen and oxygen atoms in total. The van der Waals surface area contributed by atoms with Gasteiger partial charge in [0.2, 0.25) is 5.91 Å². The van der Waals surface area contributed by atoms with Crippen molar-refractivity contribution in [3.8, 4) is 0 Å². The largest absolute Gasteiger partial charge is 0.477 e. The molecule has 0 unspecified atom stereocenters. The number of carboxylic acids is 1. The summed E-state index contributed by atoms with van der Waals surface area (Å²) in [6.07, 6.45) is 1.63. The Morgan fingerprint density at radius 3 is 2.33 bits per heavy atom. The highest BCUT2D eigenvalue weighted by Crippen LogP contribution is 2.49. The van der Waals surface area contributed by atoms with E-state index in [1.807, 2.05) is 24.3 Å². The number of carboxylic acid groups (broad SMARTS) is 1. The highest BCUT2D eigenvalue weighted by molar-refractivity contribution is 9.10. The van der Waals surface area contributed by atoms with Gasteiger partial charge in [0.25, 0.3) is 0 Å². The fourth-order valence-electron chi connectivity index (χ4n) is 2.29. The van der Waals surface area contributed by atoms with E-state index >= 15 is 0 Å². The molecule has 2 N–H and O–H groups in total. The van der Waals surface area contributed by atoms with E-state index in [0.29, 0.717) is 5.00 Å². The van der Waals surface area contributed by atoms with Gasteiger partial charge in [-0.2, -0.15) is 0 Å². The number of aromatic carboxylic acids is 1. The Balaban J connectivity index is 1.78. The molecule has 1 aromatic heterocycles. The number of nitrogens with one attached hydrogen (secondary N) is 1. The van der Waals surface area contributed by atoms with Gasteiger partial charge >= 0.3 is 5.97 Å². The Morgan fingerprint density at radius 1 is 1.14 bits per heavy atom. The first kappa shape index (κ1) is 14.3. The molecule has 0 radical (unpaired) electrons. The molecule has 108 valence electrons. The molecule has 0 spiro atoms. The number of amides is 1. The Bertz CT molecular complexity index is 704. The van der Waals surface area contributed by atoms with Crippen molar-refractivity contribution in [3.05, 3.63) is 51.3 Å². The summed E-state index contributed by atoms with van der Waals surface area (Å²) in [6.45, 7) is 0. The molecular weight excluding hydrogens is 354 g/mol. The highest BCUT2D eigenvalue weighted by atomic mass is 79.9. The molecule has 0 saturated heterocycles. The third kappa shape index (κ3) is 2.73. The number of anilines is 1. The molecule has 21 heavy (non-hydrogen) atoms. The van der Waals surface area contributed by atoms with Gasteiger partial charge in [0.05, 0.1) is 10.4 Å². The molecule has 1 aliphatic rings. The molecule has 3 rings (SSSR count). The zero-order valence-electron chi connectivity index (χ0n) is 10.9. The number of thiophene rings is 1. The topological polar surface area (TPSA) is 66.4 Å². The van der Waals surface area contributed by atoms with Crippen molar-refractivity contribution in [2.75, 3.05) is 5.32 Å². The van der Waals surface area contributed by atoms with Crippen molar-refractivity contribution < 1.29 is 14.7 Å². The number of hydrogen-bond donors (Lipinski definition) is 2. The van der Waals surface area contributed by atoms with Crippen LogP contribution in [0.4, 0.5) is 5.00 Å². The van der Waals surface area contributed by atoms with Gasteiger partial charge in [-0.1, -0.05) is 28.1 Å². The first-order valence-electron chi connectivity index (χ1n) is 6.42. The zero-order valence-corrected chi connectivity index (χ0v) is 13.3. The monoisotopic (exact) mass is 365 g/mol. The lowest BCUT2D eigenvalue weighted by Gasteiger charge is -2.15. The van der Waals surface area contributed by atoms with E-state index in [1.54, 1.807) is 6.07 Å². The van der Waals surface area contributed by atoms with Gasteiger partial charge in [0.15, 0.2) is 0 Å². The Kier molecular flexibility index (Phi) is 3.59. The maximum absolute atomic E-state index is 12.5. The molecule has 1 amide bonds. The third-order valence-electron chi connectivity index (χ3n) is 3.63. The van der Waals surface area contributed by atoms with Crippen LogP contribution in [0, 0.1) is 0 Å². The van der Waals surface area contributed by atoms with E-state index in [9.17, 15) is 9.59 Å². The molecule has 1 saturated carbocycles. The normalized spacial score (nSPS) is 15.5. The average molecular weight is 366 g/mol. The van der Waals surface area contributed by atoms with Crippen LogP contribution in [-0.4, -0.2) is 17.0 Å². The summed E-state index contributed by atoms with van der Waals surface area (Å²) in [7, 11) is 0. The lowest BCUT2D eigenvalue weighted by atomic mass is 9.95. The molecule has 0 aliphatic heterocycles. The average Bonchev–Trinajstić information content (AvgIpc) is 3.13. The maximum atomic E-state index is 12.5. The van der Waals surface area contributed by atoms with Crippen molar-refractivity contribution >= 4 is 44.1 Å². The smallest absolute Gasteiger partial charge is 0.345 e. The quantitative estimate of drug-likeness (QED) is 0.863. The molecule has 0 atom stereocenters. The van der Waals surface area contributed by atoms with Gasteiger partial charge in [-0.15, -0.1) is 11.3 Å². The van der Waals surface area contributed by atoms with Gasteiger partial charge in [0, 0.05) is 4.47 Å². The molecule has 6 heteroatoms. The van der Waals surface area contributed by atoms with E-state index < -0.39 is 11.4 Å². The molecule has 1 fully saturated rings. The minimum absolute atomic E-state index is 0.0661. The second-order valence-electron chi connectivity index (χ2n) is 5.01. The van der Waals surface area contributed by atoms with Gasteiger partial charge in [-0.25, -0.2) is 4.79 Å². The Labute approximate surface area is 133 Å². The number of carbonyl (C=O) groups excluding carboxylic acids is 1. The van der Waals surface area contributed by atoms with Gasteiger partial charge in [-0.3, -0.25) is 4.79 Å². The van der Waals surface area contributed by atoms with Crippen molar-refractivity contribution in [3.63, 3.8) is 0 Å². The summed E-state index contributed by atoms with van der Waals surface area (Å²) in [6, 6.07) is 10.9. The maximum Gasteiger partial charge on any atom is 0.345 e. The van der Waals surface area contributed by atoms with Crippen LogP contribution < -0.4 is 5.32 Å². The summed E-state index contributed by atoms with van der Waals surface area (Å²) in [5.74, 6) is -1.04. The van der Waals surface area contributed by atoms with Crippen LogP contribution in [0.15, 0.2) is 40.9 Å². The molecule has 0 bridgehead atoms. The second-order valence-corrected chi connectivity index (χ2v) is 7.01. The zero-order chi connectivity index (χ0) is 15.0. The minimum atomic E-state index is -0.977. The number of carbonyl (C=O) groups is 2. The fourth-order valence-corrected chi connectivity index (χ4v) is 3.30. The van der Waals surface area contributed by atoms with Crippen LogP contribution >= 0.6 is 27.3 Å². The number of benzene rings is 1.